The summed E-state index contributed by atoms with van der Waals surface area (Å²) in [6, 6.07) is 7.68. The summed E-state index contributed by atoms with van der Waals surface area (Å²) in [5.74, 6) is -1.25. The maximum Gasteiger partial charge on any atom is 0.338 e. The molecule has 136 valence electrons. The van der Waals surface area contributed by atoms with Gasteiger partial charge in [0.05, 0.1) is 23.9 Å². The Hall–Kier alpha value is -2.64. The minimum absolute atomic E-state index is 0.0900. The van der Waals surface area contributed by atoms with Crippen molar-refractivity contribution in [2.75, 3.05) is 13.9 Å². The molecule has 26 heavy (non-hydrogen) atoms. The molecule has 1 aromatic carbocycles. The molecular weight excluding hydrogens is 340 g/mol. The van der Waals surface area contributed by atoms with Gasteiger partial charge in [-0.1, -0.05) is 24.3 Å². The Kier molecular flexibility index (Phi) is 4.26. The molecule has 0 spiro atoms. The van der Waals surface area contributed by atoms with Crippen molar-refractivity contribution in [2.45, 2.75) is 25.4 Å². The van der Waals surface area contributed by atoms with E-state index in [1.165, 1.54) is 13.4 Å². The number of ether oxygens (including phenoxy) is 5. The predicted octanol–water partition coefficient (Wildman–Crippen LogP) is 2.31. The number of fused-ring (bicyclic) bond motifs is 3. The lowest BCUT2D eigenvalue weighted by molar-refractivity contribution is -0.152. The quantitative estimate of drug-likeness (QED) is 0.346. The fraction of sp³-hybridized carbons (Fsp3) is 0.368. The summed E-state index contributed by atoms with van der Waals surface area (Å²) in [5, 5.41) is 0. The Morgan fingerprint density at radius 2 is 1.88 bits per heavy atom. The lowest BCUT2D eigenvalue weighted by atomic mass is 9.95. The Balaban J connectivity index is 1.62. The van der Waals surface area contributed by atoms with E-state index in [1.807, 2.05) is 24.3 Å². The maximum atomic E-state index is 12.4. The molecular formula is C19H18O7. The normalized spacial score (nSPS) is 30.7. The molecule has 7 heteroatoms. The molecule has 1 fully saturated rings. The second-order valence-electron chi connectivity index (χ2n) is 6.31. The number of hydrogen-bond donors (Lipinski definition) is 0. The monoisotopic (exact) mass is 358 g/mol. The lowest BCUT2D eigenvalue weighted by Crippen LogP contribution is -2.17. The van der Waals surface area contributed by atoms with E-state index < -0.39 is 24.3 Å². The van der Waals surface area contributed by atoms with Crippen LogP contribution in [0, 0.1) is 5.92 Å². The van der Waals surface area contributed by atoms with Crippen molar-refractivity contribution in [3.05, 3.63) is 58.9 Å². The summed E-state index contributed by atoms with van der Waals surface area (Å²) >= 11 is 0. The fourth-order valence-corrected chi connectivity index (χ4v) is 3.53. The first-order valence-corrected chi connectivity index (χ1v) is 8.25. The van der Waals surface area contributed by atoms with Crippen LogP contribution in [0.4, 0.5) is 0 Å². The third kappa shape index (κ3) is 2.69. The van der Waals surface area contributed by atoms with Crippen LogP contribution < -0.4 is 0 Å². The number of carbonyl (C=O) groups excluding carboxylic acids is 2. The number of cyclic esters (lactones) is 1. The first kappa shape index (κ1) is 16.8. The molecule has 3 aliphatic rings. The molecule has 0 radical (unpaired) electrons. The molecule has 0 aromatic heterocycles. The zero-order chi connectivity index (χ0) is 18.3. The minimum atomic E-state index is -0.844. The Morgan fingerprint density at radius 3 is 2.58 bits per heavy atom. The van der Waals surface area contributed by atoms with Crippen LogP contribution in [0.1, 0.15) is 30.3 Å². The molecule has 2 aliphatic heterocycles. The molecule has 1 aromatic rings. The van der Waals surface area contributed by atoms with E-state index in [2.05, 4.69) is 0 Å². The van der Waals surface area contributed by atoms with Crippen LogP contribution in [0.25, 0.3) is 0 Å². The van der Waals surface area contributed by atoms with Crippen molar-refractivity contribution in [3.63, 3.8) is 0 Å². The van der Waals surface area contributed by atoms with Gasteiger partial charge in [-0.3, -0.25) is 0 Å². The van der Waals surface area contributed by atoms with Gasteiger partial charge in [0.1, 0.15) is 12.9 Å². The van der Waals surface area contributed by atoms with E-state index in [1.54, 1.807) is 13.0 Å². The Morgan fingerprint density at radius 1 is 1.12 bits per heavy atom. The topological polar surface area (TPSA) is 80.3 Å². The van der Waals surface area contributed by atoms with Gasteiger partial charge in [-0.25, -0.2) is 9.59 Å². The number of rotatable bonds is 5. The molecule has 4 rings (SSSR count). The van der Waals surface area contributed by atoms with E-state index in [0.29, 0.717) is 11.1 Å². The smallest absolute Gasteiger partial charge is 0.338 e. The van der Waals surface area contributed by atoms with E-state index >= 15 is 0 Å². The Labute approximate surface area is 150 Å². The van der Waals surface area contributed by atoms with Crippen molar-refractivity contribution in [2.24, 2.45) is 5.92 Å². The van der Waals surface area contributed by atoms with Crippen molar-refractivity contribution in [1.82, 2.24) is 0 Å². The fourth-order valence-electron chi connectivity index (χ4n) is 3.53. The van der Waals surface area contributed by atoms with Gasteiger partial charge in [-0.2, -0.15) is 0 Å². The molecule has 0 amide bonds. The molecule has 0 saturated carbocycles. The molecule has 0 bridgehead atoms. The number of esters is 2. The van der Waals surface area contributed by atoms with Gasteiger partial charge in [-0.05, 0) is 18.1 Å². The highest BCUT2D eigenvalue weighted by molar-refractivity contribution is 5.92. The summed E-state index contributed by atoms with van der Waals surface area (Å²) in [6.07, 6.45) is 1.21. The van der Waals surface area contributed by atoms with E-state index in [4.69, 9.17) is 23.7 Å². The zero-order valence-electron chi connectivity index (χ0n) is 14.3. The van der Waals surface area contributed by atoms with Crippen LogP contribution in [-0.4, -0.2) is 32.1 Å². The average molecular weight is 358 g/mol. The van der Waals surface area contributed by atoms with Crippen molar-refractivity contribution in [1.29, 1.82) is 0 Å². The van der Waals surface area contributed by atoms with Gasteiger partial charge < -0.3 is 23.7 Å². The first-order valence-electron chi connectivity index (χ1n) is 8.25. The second-order valence-corrected chi connectivity index (χ2v) is 6.31. The van der Waals surface area contributed by atoms with Crippen LogP contribution >= 0.6 is 0 Å². The summed E-state index contributed by atoms with van der Waals surface area (Å²) in [7, 11) is 1.54. The highest BCUT2D eigenvalue weighted by atomic mass is 16.7. The average Bonchev–Trinajstić information content (AvgIpc) is 3.23. The standard InChI is InChI=1S/C19H18O7/c1-10-7-14(25-18(10)20)23-8-13-15-16(24-9-22-2)11-5-3-4-6-12(11)17(15)26-19(13)21/h3-8,14-17H,9H2,1-2H3/b13-8+/t14?,15-,16-,17+/m0/s1. The third-order valence-corrected chi connectivity index (χ3v) is 4.72. The maximum absolute atomic E-state index is 12.4. The lowest BCUT2D eigenvalue weighted by Gasteiger charge is -2.19. The second kappa shape index (κ2) is 6.59. The van der Waals surface area contributed by atoms with Gasteiger partial charge in [0.25, 0.3) is 6.29 Å². The third-order valence-electron chi connectivity index (χ3n) is 4.72. The molecule has 7 nitrogen and oxygen atoms in total. The van der Waals surface area contributed by atoms with Crippen LogP contribution in [-0.2, 0) is 33.3 Å². The molecule has 4 atom stereocenters. The van der Waals surface area contributed by atoms with E-state index in [-0.39, 0.29) is 18.8 Å². The van der Waals surface area contributed by atoms with Gasteiger partial charge in [-0.15, -0.1) is 0 Å². The van der Waals surface area contributed by atoms with E-state index in [0.717, 1.165) is 11.1 Å². The van der Waals surface area contributed by atoms with Gasteiger partial charge in [0.2, 0.25) is 0 Å². The Bertz CT molecular complexity index is 810. The SMILES string of the molecule is COCO[C@H]1c2ccccc2[C@H]2OC(=O)/C(=C/OC3C=C(C)C(=O)O3)[C@H]21. The molecule has 1 saturated heterocycles. The predicted molar refractivity (Wildman–Crippen MR) is 87.3 cm³/mol. The number of benzene rings is 1. The summed E-state index contributed by atoms with van der Waals surface area (Å²) in [6.45, 7) is 1.73. The zero-order valence-corrected chi connectivity index (χ0v) is 14.3. The van der Waals surface area contributed by atoms with Gasteiger partial charge in [0, 0.05) is 18.8 Å². The van der Waals surface area contributed by atoms with Gasteiger partial charge >= 0.3 is 11.9 Å². The highest BCUT2D eigenvalue weighted by Crippen LogP contribution is 2.54. The van der Waals surface area contributed by atoms with Crippen molar-refractivity contribution in [3.8, 4) is 0 Å². The van der Waals surface area contributed by atoms with E-state index in [9.17, 15) is 9.59 Å². The first-order chi connectivity index (χ1) is 12.6. The number of hydrogen-bond acceptors (Lipinski definition) is 7. The van der Waals surface area contributed by atoms with Crippen molar-refractivity contribution < 1.29 is 33.3 Å². The summed E-state index contributed by atoms with van der Waals surface area (Å²) < 4.78 is 26.9. The molecule has 1 unspecified atom stereocenters. The van der Waals surface area contributed by atoms with Gasteiger partial charge in [0.15, 0.2) is 0 Å². The van der Waals surface area contributed by atoms with Crippen molar-refractivity contribution >= 4 is 11.9 Å². The van der Waals surface area contributed by atoms with Crippen LogP contribution in [0.15, 0.2) is 47.7 Å². The number of methoxy groups -OCH3 is 1. The number of carbonyl (C=O) groups is 2. The summed E-state index contributed by atoms with van der Waals surface area (Å²) in [4.78, 5) is 23.8. The minimum Gasteiger partial charge on any atom is -0.458 e. The molecule has 2 heterocycles. The summed E-state index contributed by atoms with van der Waals surface area (Å²) in [5.41, 5.74) is 2.69. The van der Waals surface area contributed by atoms with Crippen LogP contribution in [0.3, 0.4) is 0 Å². The molecule has 1 aliphatic carbocycles. The largest absolute Gasteiger partial charge is 0.458 e. The van der Waals surface area contributed by atoms with Crippen LogP contribution in [0.5, 0.6) is 0 Å². The molecule has 0 N–H and O–H groups in total. The van der Waals surface area contributed by atoms with Crippen LogP contribution in [0.2, 0.25) is 0 Å². The highest BCUT2D eigenvalue weighted by Gasteiger charge is 2.52.